The van der Waals surface area contributed by atoms with Crippen LogP contribution in [0.5, 0.6) is 5.75 Å². The average Bonchev–Trinajstić information content (AvgIpc) is 2.66. The molecule has 0 bridgehead atoms. The first-order valence-corrected chi connectivity index (χ1v) is 10.1. The maximum atomic E-state index is 13.1. The van der Waals surface area contributed by atoms with E-state index < -0.39 is 17.8 Å². The van der Waals surface area contributed by atoms with Crippen molar-refractivity contribution in [1.29, 1.82) is 0 Å². The number of carbonyl (C=O) groups excluding carboxylic acids is 3. The number of nitrogens with one attached hydrogen (secondary N) is 1. The lowest BCUT2D eigenvalue weighted by atomic mass is 10.1. The van der Waals surface area contributed by atoms with Gasteiger partial charge in [0.25, 0.3) is 11.8 Å². The van der Waals surface area contributed by atoms with Crippen LogP contribution in [0.1, 0.15) is 11.1 Å². The molecular formula is C21H16Br2N2O4. The van der Waals surface area contributed by atoms with Gasteiger partial charge in [0, 0.05) is 14.5 Å². The zero-order chi connectivity index (χ0) is 21.1. The zero-order valence-corrected chi connectivity index (χ0v) is 18.5. The number of amides is 4. The number of nitrogens with zero attached hydrogens (tertiary/aromatic N) is 1. The molecule has 0 unspecified atom stereocenters. The fourth-order valence-electron chi connectivity index (χ4n) is 2.81. The van der Waals surface area contributed by atoms with Crippen LogP contribution >= 0.6 is 31.9 Å². The molecule has 29 heavy (non-hydrogen) atoms. The molecule has 3 rings (SSSR count). The van der Waals surface area contributed by atoms with Crippen LogP contribution in [-0.4, -0.2) is 24.5 Å². The average molecular weight is 520 g/mol. The van der Waals surface area contributed by atoms with E-state index in [2.05, 4.69) is 43.8 Å². The first-order valence-electron chi connectivity index (χ1n) is 8.52. The maximum Gasteiger partial charge on any atom is 0.335 e. The number of halogens is 2. The fourth-order valence-corrected chi connectivity index (χ4v) is 3.67. The van der Waals surface area contributed by atoms with Gasteiger partial charge in [0.05, 0.1) is 5.69 Å². The Bertz CT molecular complexity index is 1060. The summed E-state index contributed by atoms with van der Waals surface area (Å²) in [6, 6.07) is 9.57. The third-order valence-corrected chi connectivity index (χ3v) is 5.12. The molecule has 0 aliphatic carbocycles. The first-order chi connectivity index (χ1) is 13.8. The SMILES string of the molecule is C=CCOc1ccc(Br)cc1/C=C1/C(=O)NC(=O)N(c2ccc(Br)cc2C)C1=O. The van der Waals surface area contributed by atoms with E-state index in [0.717, 1.165) is 13.8 Å². The van der Waals surface area contributed by atoms with Gasteiger partial charge in [0.2, 0.25) is 0 Å². The van der Waals surface area contributed by atoms with Gasteiger partial charge in [0.1, 0.15) is 17.9 Å². The number of hydrogen-bond acceptors (Lipinski definition) is 4. The van der Waals surface area contributed by atoms with E-state index in [9.17, 15) is 14.4 Å². The molecule has 1 aliphatic rings. The minimum Gasteiger partial charge on any atom is -0.489 e. The summed E-state index contributed by atoms with van der Waals surface area (Å²) < 4.78 is 7.17. The molecule has 0 spiro atoms. The number of aryl methyl sites for hydroxylation is 1. The van der Waals surface area contributed by atoms with Gasteiger partial charge < -0.3 is 4.74 Å². The molecule has 0 aromatic heterocycles. The Morgan fingerprint density at radius 3 is 2.48 bits per heavy atom. The Morgan fingerprint density at radius 1 is 1.10 bits per heavy atom. The summed E-state index contributed by atoms with van der Waals surface area (Å²) in [5.74, 6) is -0.996. The number of hydrogen-bond donors (Lipinski definition) is 1. The molecule has 2 aromatic carbocycles. The van der Waals surface area contributed by atoms with E-state index in [1.165, 1.54) is 6.08 Å². The highest BCUT2D eigenvalue weighted by molar-refractivity contribution is 9.10. The summed E-state index contributed by atoms with van der Waals surface area (Å²) in [6.45, 7) is 5.65. The Kier molecular flexibility index (Phi) is 6.34. The smallest absolute Gasteiger partial charge is 0.335 e. The van der Waals surface area contributed by atoms with Crippen molar-refractivity contribution < 1.29 is 19.1 Å². The van der Waals surface area contributed by atoms with Crippen molar-refractivity contribution in [2.75, 3.05) is 11.5 Å². The third kappa shape index (κ3) is 4.49. The molecule has 0 radical (unpaired) electrons. The van der Waals surface area contributed by atoms with Crippen molar-refractivity contribution in [3.8, 4) is 5.75 Å². The molecule has 0 atom stereocenters. The molecule has 8 heteroatoms. The second kappa shape index (κ2) is 8.75. The number of benzene rings is 2. The number of anilines is 1. The predicted molar refractivity (Wildman–Crippen MR) is 118 cm³/mol. The predicted octanol–water partition coefficient (Wildman–Crippen LogP) is 4.75. The normalized spacial score (nSPS) is 15.5. The van der Waals surface area contributed by atoms with E-state index in [-0.39, 0.29) is 12.2 Å². The standard InChI is InChI=1S/C21H16Br2N2O4/c1-3-8-29-18-7-5-15(23)10-13(18)11-16-19(26)24-21(28)25(20(16)27)17-6-4-14(22)9-12(17)2/h3-7,9-11H,1,8H2,2H3,(H,24,26,28)/b16-11-. The zero-order valence-electron chi connectivity index (χ0n) is 15.4. The molecule has 1 saturated heterocycles. The van der Waals surface area contributed by atoms with Gasteiger partial charge in [-0.3, -0.25) is 14.9 Å². The molecule has 1 heterocycles. The van der Waals surface area contributed by atoms with Crippen molar-refractivity contribution in [3.63, 3.8) is 0 Å². The summed E-state index contributed by atoms with van der Waals surface area (Å²) in [6.07, 6.45) is 3.00. The fraction of sp³-hybridized carbons (Fsp3) is 0.0952. The maximum absolute atomic E-state index is 13.1. The van der Waals surface area contributed by atoms with E-state index in [4.69, 9.17) is 4.74 Å². The highest BCUT2D eigenvalue weighted by atomic mass is 79.9. The molecule has 0 saturated carbocycles. The van der Waals surface area contributed by atoms with Gasteiger partial charge in [-0.1, -0.05) is 44.5 Å². The topological polar surface area (TPSA) is 75.7 Å². The second-order valence-electron chi connectivity index (χ2n) is 6.17. The van der Waals surface area contributed by atoms with Gasteiger partial charge in [-0.05, 0) is 55.0 Å². The number of rotatable bonds is 5. The Labute approximate surface area is 184 Å². The van der Waals surface area contributed by atoms with Gasteiger partial charge >= 0.3 is 6.03 Å². The minimum absolute atomic E-state index is 0.173. The van der Waals surface area contributed by atoms with Crippen molar-refractivity contribution in [3.05, 3.63) is 74.7 Å². The third-order valence-electron chi connectivity index (χ3n) is 4.13. The van der Waals surface area contributed by atoms with Crippen LogP contribution in [0, 0.1) is 6.92 Å². The van der Waals surface area contributed by atoms with Crippen LogP contribution in [0.4, 0.5) is 10.5 Å². The van der Waals surface area contributed by atoms with Crippen LogP contribution in [0.15, 0.2) is 63.6 Å². The molecular weight excluding hydrogens is 504 g/mol. The van der Waals surface area contributed by atoms with Crippen LogP contribution in [0.2, 0.25) is 0 Å². The van der Waals surface area contributed by atoms with Crippen LogP contribution in [-0.2, 0) is 9.59 Å². The number of ether oxygens (including phenoxy) is 1. The van der Waals surface area contributed by atoms with E-state index in [1.54, 1.807) is 49.4 Å². The Hall–Kier alpha value is -2.71. The number of imide groups is 2. The molecule has 1 fully saturated rings. The van der Waals surface area contributed by atoms with Crippen LogP contribution < -0.4 is 15.0 Å². The Balaban J connectivity index is 2.06. The molecule has 6 nitrogen and oxygen atoms in total. The number of carbonyl (C=O) groups is 3. The van der Waals surface area contributed by atoms with Crippen LogP contribution in [0.3, 0.4) is 0 Å². The van der Waals surface area contributed by atoms with Crippen LogP contribution in [0.25, 0.3) is 6.08 Å². The second-order valence-corrected chi connectivity index (χ2v) is 8.00. The minimum atomic E-state index is -0.792. The highest BCUT2D eigenvalue weighted by Gasteiger charge is 2.37. The molecule has 148 valence electrons. The molecule has 1 N–H and O–H groups in total. The van der Waals surface area contributed by atoms with Crippen molar-refractivity contribution in [2.24, 2.45) is 0 Å². The van der Waals surface area contributed by atoms with Gasteiger partial charge in [0.15, 0.2) is 0 Å². The summed E-state index contributed by atoms with van der Waals surface area (Å²) in [4.78, 5) is 38.9. The summed E-state index contributed by atoms with van der Waals surface area (Å²) in [5, 5.41) is 2.23. The van der Waals surface area contributed by atoms with E-state index in [0.29, 0.717) is 22.6 Å². The van der Waals surface area contributed by atoms with Crippen molar-refractivity contribution in [1.82, 2.24) is 5.32 Å². The highest BCUT2D eigenvalue weighted by Crippen LogP contribution is 2.30. The van der Waals surface area contributed by atoms with E-state index in [1.807, 2.05) is 0 Å². The van der Waals surface area contributed by atoms with Crippen molar-refractivity contribution in [2.45, 2.75) is 6.92 Å². The number of barbiturate groups is 1. The van der Waals surface area contributed by atoms with Gasteiger partial charge in [-0.25, -0.2) is 9.69 Å². The molecule has 2 aromatic rings. The first kappa shape index (κ1) is 21.0. The van der Waals surface area contributed by atoms with Gasteiger partial charge in [-0.2, -0.15) is 0 Å². The monoisotopic (exact) mass is 518 g/mol. The van der Waals surface area contributed by atoms with Crippen molar-refractivity contribution >= 4 is 61.5 Å². The molecule has 1 aliphatic heterocycles. The van der Waals surface area contributed by atoms with Gasteiger partial charge in [-0.15, -0.1) is 0 Å². The number of urea groups is 1. The van der Waals surface area contributed by atoms with E-state index >= 15 is 0 Å². The molecule has 4 amide bonds. The summed E-state index contributed by atoms with van der Waals surface area (Å²) in [7, 11) is 0. The largest absolute Gasteiger partial charge is 0.489 e. The summed E-state index contributed by atoms with van der Waals surface area (Å²) in [5.41, 5.74) is 1.44. The lowest BCUT2D eigenvalue weighted by Crippen LogP contribution is -2.54. The quantitative estimate of drug-likeness (QED) is 0.351. The summed E-state index contributed by atoms with van der Waals surface area (Å²) >= 11 is 6.73. The Morgan fingerprint density at radius 2 is 1.79 bits per heavy atom. The lowest BCUT2D eigenvalue weighted by Gasteiger charge is -2.27. The lowest BCUT2D eigenvalue weighted by molar-refractivity contribution is -0.122.